The maximum absolute atomic E-state index is 13.7. The fourth-order valence-corrected chi connectivity index (χ4v) is 2.50. The van der Waals surface area contributed by atoms with E-state index in [1.165, 1.54) is 6.07 Å². The number of hydrogen-bond acceptors (Lipinski definition) is 3. The Morgan fingerprint density at radius 2 is 2.05 bits per heavy atom. The third kappa shape index (κ3) is 2.87. The number of halogens is 1. The molecule has 0 atom stereocenters. The lowest BCUT2D eigenvalue weighted by Gasteiger charge is -2.37. The Hall–Kier alpha value is -1.62. The second kappa shape index (κ2) is 5.57. The van der Waals surface area contributed by atoms with Crippen LogP contribution in [0.4, 0.5) is 10.1 Å². The van der Waals surface area contributed by atoms with E-state index in [4.69, 9.17) is 4.74 Å². The standard InChI is InChI=1S/C14H18FNO3/c1-16(12-5-3-2-4-11(12)15)10-14(13(17)18)6-8-19-9-7-14/h2-5H,6-10H2,1H3,(H,17,18). The van der Waals surface area contributed by atoms with Crippen molar-refractivity contribution in [2.75, 3.05) is 31.7 Å². The van der Waals surface area contributed by atoms with Crippen molar-refractivity contribution >= 4 is 11.7 Å². The quantitative estimate of drug-likeness (QED) is 0.908. The van der Waals surface area contributed by atoms with Crippen LogP contribution in [0.5, 0.6) is 0 Å². The minimum Gasteiger partial charge on any atom is -0.481 e. The van der Waals surface area contributed by atoms with Crippen LogP contribution in [0.1, 0.15) is 12.8 Å². The highest BCUT2D eigenvalue weighted by Crippen LogP contribution is 2.33. The van der Waals surface area contributed by atoms with Gasteiger partial charge in [0.05, 0.1) is 11.1 Å². The van der Waals surface area contributed by atoms with Crippen molar-refractivity contribution in [3.63, 3.8) is 0 Å². The van der Waals surface area contributed by atoms with Crippen molar-refractivity contribution in [3.05, 3.63) is 30.1 Å². The Morgan fingerprint density at radius 3 is 2.63 bits per heavy atom. The Bertz CT molecular complexity index is 458. The lowest BCUT2D eigenvalue weighted by atomic mass is 9.79. The van der Waals surface area contributed by atoms with Crippen molar-refractivity contribution in [1.29, 1.82) is 0 Å². The molecular formula is C14H18FNO3. The van der Waals surface area contributed by atoms with Gasteiger partial charge in [-0.1, -0.05) is 12.1 Å². The zero-order chi connectivity index (χ0) is 13.9. The zero-order valence-electron chi connectivity index (χ0n) is 10.9. The number of ether oxygens (including phenoxy) is 1. The van der Waals surface area contributed by atoms with Crippen LogP contribution in [0.2, 0.25) is 0 Å². The summed E-state index contributed by atoms with van der Waals surface area (Å²) in [4.78, 5) is 13.2. The molecule has 0 aliphatic carbocycles. The zero-order valence-corrected chi connectivity index (χ0v) is 10.9. The first-order valence-corrected chi connectivity index (χ1v) is 6.32. The van der Waals surface area contributed by atoms with Crippen LogP contribution in [-0.4, -0.2) is 37.9 Å². The van der Waals surface area contributed by atoms with Crippen LogP contribution in [0, 0.1) is 11.2 Å². The summed E-state index contributed by atoms with van der Waals surface area (Å²) in [6.45, 7) is 1.17. The highest BCUT2D eigenvalue weighted by molar-refractivity contribution is 5.76. The highest BCUT2D eigenvalue weighted by Gasteiger charge is 2.41. The highest BCUT2D eigenvalue weighted by atomic mass is 19.1. The summed E-state index contributed by atoms with van der Waals surface area (Å²) >= 11 is 0. The van der Waals surface area contributed by atoms with Gasteiger partial charge in [-0.2, -0.15) is 0 Å². The predicted molar refractivity (Wildman–Crippen MR) is 69.8 cm³/mol. The molecule has 0 aromatic heterocycles. The minimum atomic E-state index is -0.852. The molecule has 0 saturated carbocycles. The largest absolute Gasteiger partial charge is 0.481 e. The molecule has 1 aromatic carbocycles. The second-order valence-corrected chi connectivity index (χ2v) is 5.01. The number of para-hydroxylation sites is 1. The monoisotopic (exact) mass is 267 g/mol. The molecule has 1 fully saturated rings. The summed E-state index contributed by atoms with van der Waals surface area (Å²) in [6, 6.07) is 6.40. The molecule has 0 radical (unpaired) electrons. The van der Waals surface area contributed by atoms with Crippen molar-refractivity contribution in [2.24, 2.45) is 5.41 Å². The average Bonchev–Trinajstić information content (AvgIpc) is 2.40. The van der Waals surface area contributed by atoms with Crippen LogP contribution in [0.25, 0.3) is 0 Å². The number of carboxylic acids is 1. The van der Waals surface area contributed by atoms with E-state index >= 15 is 0 Å². The number of rotatable bonds is 4. The third-order valence-electron chi connectivity index (χ3n) is 3.71. The Labute approximate surface area is 111 Å². The molecule has 1 heterocycles. The van der Waals surface area contributed by atoms with Gasteiger partial charge in [-0.05, 0) is 25.0 Å². The molecule has 104 valence electrons. The van der Waals surface area contributed by atoms with E-state index in [2.05, 4.69) is 0 Å². The van der Waals surface area contributed by atoms with E-state index < -0.39 is 11.4 Å². The summed E-state index contributed by atoms with van der Waals surface area (Å²) in [5, 5.41) is 9.48. The van der Waals surface area contributed by atoms with Crippen LogP contribution in [0.3, 0.4) is 0 Å². The van der Waals surface area contributed by atoms with E-state index in [9.17, 15) is 14.3 Å². The second-order valence-electron chi connectivity index (χ2n) is 5.01. The van der Waals surface area contributed by atoms with Gasteiger partial charge in [0.2, 0.25) is 0 Å². The summed E-state index contributed by atoms with van der Waals surface area (Å²) in [7, 11) is 1.72. The van der Waals surface area contributed by atoms with E-state index in [1.807, 2.05) is 0 Å². The van der Waals surface area contributed by atoms with Crippen LogP contribution >= 0.6 is 0 Å². The molecule has 0 bridgehead atoms. The van der Waals surface area contributed by atoms with Gasteiger partial charge in [-0.15, -0.1) is 0 Å². The first-order chi connectivity index (χ1) is 9.05. The Balaban J connectivity index is 2.18. The van der Waals surface area contributed by atoms with Crippen LogP contribution in [0.15, 0.2) is 24.3 Å². The fraction of sp³-hybridized carbons (Fsp3) is 0.500. The first kappa shape index (κ1) is 13.8. The number of nitrogens with zero attached hydrogens (tertiary/aromatic N) is 1. The van der Waals surface area contributed by atoms with E-state index in [-0.39, 0.29) is 12.4 Å². The number of anilines is 1. The minimum absolute atomic E-state index is 0.284. The molecule has 4 nitrogen and oxygen atoms in total. The predicted octanol–water partition coefficient (Wildman–Crippen LogP) is 2.14. The first-order valence-electron chi connectivity index (χ1n) is 6.32. The molecule has 1 aliphatic heterocycles. The summed E-state index contributed by atoms with van der Waals surface area (Å²) < 4.78 is 18.9. The maximum atomic E-state index is 13.7. The number of benzene rings is 1. The van der Waals surface area contributed by atoms with Crippen molar-refractivity contribution < 1.29 is 19.0 Å². The van der Waals surface area contributed by atoms with Crippen molar-refractivity contribution in [3.8, 4) is 0 Å². The lowest BCUT2D eigenvalue weighted by molar-refractivity contribution is -0.154. The number of carbonyl (C=O) groups is 1. The summed E-state index contributed by atoms with van der Waals surface area (Å²) in [5.41, 5.74) is -0.426. The molecule has 1 N–H and O–H groups in total. The van der Waals surface area contributed by atoms with Crippen LogP contribution < -0.4 is 4.90 Å². The molecular weight excluding hydrogens is 249 g/mol. The Morgan fingerprint density at radius 1 is 1.42 bits per heavy atom. The topological polar surface area (TPSA) is 49.8 Å². The van der Waals surface area contributed by atoms with Gasteiger partial charge in [-0.3, -0.25) is 4.79 Å². The molecule has 0 spiro atoms. The summed E-state index contributed by atoms with van der Waals surface area (Å²) in [6.07, 6.45) is 0.919. The van der Waals surface area contributed by atoms with Gasteiger partial charge < -0.3 is 14.7 Å². The summed E-state index contributed by atoms with van der Waals surface area (Å²) in [5.74, 6) is -1.17. The van der Waals surface area contributed by atoms with Crippen molar-refractivity contribution in [1.82, 2.24) is 0 Å². The molecule has 1 aliphatic rings. The number of hydrogen-bond donors (Lipinski definition) is 1. The average molecular weight is 267 g/mol. The third-order valence-corrected chi connectivity index (χ3v) is 3.71. The normalized spacial score (nSPS) is 18.0. The molecule has 1 aromatic rings. The van der Waals surface area contributed by atoms with Gasteiger partial charge >= 0.3 is 5.97 Å². The van der Waals surface area contributed by atoms with E-state index in [0.29, 0.717) is 31.7 Å². The Kier molecular flexibility index (Phi) is 4.04. The smallest absolute Gasteiger partial charge is 0.311 e. The van der Waals surface area contributed by atoms with Gasteiger partial charge in [0.25, 0.3) is 0 Å². The van der Waals surface area contributed by atoms with Gasteiger partial charge in [0.15, 0.2) is 0 Å². The molecule has 1 saturated heterocycles. The van der Waals surface area contributed by atoms with Gasteiger partial charge in [0, 0.05) is 26.8 Å². The fourth-order valence-electron chi connectivity index (χ4n) is 2.50. The lowest BCUT2D eigenvalue weighted by Crippen LogP contribution is -2.46. The van der Waals surface area contributed by atoms with E-state index in [0.717, 1.165) is 0 Å². The van der Waals surface area contributed by atoms with E-state index in [1.54, 1.807) is 30.1 Å². The molecule has 0 amide bonds. The number of carboxylic acid groups (broad SMARTS) is 1. The molecule has 19 heavy (non-hydrogen) atoms. The van der Waals surface area contributed by atoms with Gasteiger partial charge in [0.1, 0.15) is 5.82 Å². The molecule has 2 rings (SSSR count). The molecule has 0 unspecified atom stereocenters. The van der Waals surface area contributed by atoms with Gasteiger partial charge in [-0.25, -0.2) is 4.39 Å². The number of aliphatic carboxylic acids is 1. The molecule has 5 heteroatoms. The van der Waals surface area contributed by atoms with Crippen LogP contribution in [-0.2, 0) is 9.53 Å². The maximum Gasteiger partial charge on any atom is 0.311 e. The SMILES string of the molecule is CN(CC1(C(=O)O)CCOCC1)c1ccccc1F. The van der Waals surface area contributed by atoms with Crippen molar-refractivity contribution in [2.45, 2.75) is 12.8 Å².